The van der Waals surface area contributed by atoms with Crippen LogP contribution >= 0.6 is 11.8 Å². The molecule has 0 radical (unpaired) electrons. The van der Waals surface area contributed by atoms with E-state index in [4.69, 9.17) is 4.74 Å². The third-order valence-corrected chi connectivity index (χ3v) is 5.12. The summed E-state index contributed by atoms with van der Waals surface area (Å²) in [5, 5.41) is 5.12. The van der Waals surface area contributed by atoms with E-state index in [0.717, 1.165) is 21.2 Å². The summed E-state index contributed by atoms with van der Waals surface area (Å²) in [5.41, 5.74) is 1.50. The van der Waals surface area contributed by atoms with Gasteiger partial charge in [0, 0.05) is 4.90 Å². The van der Waals surface area contributed by atoms with Crippen LogP contribution in [0.3, 0.4) is 0 Å². The van der Waals surface area contributed by atoms with Crippen molar-refractivity contribution in [3.05, 3.63) is 77.9 Å². The number of carbonyl (C=O) groups excluding carboxylic acids is 2. The first-order valence-electron chi connectivity index (χ1n) is 8.67. The molecule has 0 aliphatic carbocycles. The molecule has 0 bridgehead atoms. The zero-order valence-corrected chi connectivity index (χ0v) is 16.1. The Kier molecular flexibility index (Phi) is 6.14. The lowest BCUT2D eigenvalue weighted by Crippen LogP contribution is -2.31. The van der Waals surface area contributed by atoms with Crippen LogP contribution in [0.15, 0.2) is 71.6 Å². The van der Waals surface area contributed by atoms with Crippen molar-refractivity contribution in [2.24, 2.45) is 0 Å². The van der Waals surface area contributed by atoms with E-state index in [1.165, 1.54) is 11.8 Å². The normalized spacial score (nSPS) is 11.8. The number of hydrogen-bond acceptors (Lipinski definition) is 4. The topological polar surface area (TPSA) is 55.4 Å². The Morgan fingerprint density at radius 3 is 2.52 bits per heavy atom. The maximum Gasteiger partial charge on any atom is 0.339 e. The monoisotopic (exact) mass is 379 g/mol. The van der Waals surface area contributed by atoms with Crippen molar-refractivity contribution in [3.63, 3.8) is 0 Å². The molecule has 27 heavy (non-hydrogen) atoms. The summed E-state index contributed by atoms with van der Waals surface area (Å²) >= 11 is 1.47. The van der Waals surface area contributed by atoms with Gasteiger partial charge in [0.05, 0.1) is 11.6 Å². The van der Waals surface area contributed by atoms with Gasteiger partial charge in [0.2, 0.25) is 0 Å². The highest BCUT2D eigenvalue weighted by atomic mass is 32.2. The number of benzene rings is 3. The van der Waals surface area contributed by atoms with Gasteiger partial charge in [-0.15, -0.1) is 11.8 Å². The predicted molar refractivity (Wildman–Crippen MR) is 109 cm³/mol. The molecule has 1 amide bonds. The van der Waals surface area contributed by atoms with E-state index in [1.807, 2.05) is 67.8 Å². The highest BCUT2D eigenvalue weighted by molar-refractivity contribution is 7.98. The summed E-state index contributed by atoms with van der Waals surface area (Å²) in [4.78, 5) is 25.3. The standard InChI is InChI=1S/C22H21NO3S/c1-15(17-12-7-9-16-8-3-4-10-18(16)17)23-21(24)14-26-22(25)19-11-5-6-13-20(19)27-2/h3-13,15H,14H2,1-2H3,(H,23,24)/t15-/m0/s1. The molecule has 138 valence electrons. The Hall–Kier alpha value is -2.79. The minimum absolute atomic E-state index is 0.194. The molecular weight excluding hydrogens is 358 g/mol. The van der Waals surface area contributed by atoms with Crippen LogP contribution in [-0.4, -0.2) is 24.7 Å². The third-order valence-electron chi connectivity index (χ3n) is 4.33. The predicted octanol–water partition coefficient (Wildman–Crippen LogP) is 4.60. The average Bonchev–Trinajstić information content (AvgIpc) is 2.71. The van der Waals surface area contributed by atoms with Gasteiger partial charge in [-0.25, -0.2) is 4.79 Å². The van der Waals surface area contributed by atoms with Crippen LogP contribution in [0, 0.1) is 0 Å². The summed E-state index contributed by atoms with van der Waals surface area (Å²) in [6.45, 7) is 1.61. The SMILES string of the molecule is CSc1ccccc1C(=O)OCC(=O)N[C@@H](C)c1cccc2ccccc12. The highest BCUT2D eigenvalue weighted by Crippen LogP contribution is 2.24. The van der Waals surface area contributed by atoms with Crippen molar-refractivity contribution in [2.75, 3.05) is 12.9 Å². The number of carbonyl (C=O) groups is 2. The van der Waals surface area contributed by atoms with Gasteiger partial charge in [0.15, 0.2) is 6.61 Å². The number of fused-ring (bicyclic) bond motifs is 1. The molecule has 0 saturated heterocycles. The summed E-state index contributed by atoms with van der Waals surface area (Å²) < 4.78 is 5.19. The second kappa shape index (κ2) is 8.73. The number of amides is 1. The summed E-state index contributed by atoms with van der Waals surface area (Å²) in [5.74, 6) is -0.821. The van der Waals surface area contributed by atoms with Crippen LogP contribution in [0.4, 0.5) is 0 Å². The van der Waals surface area contributed by atoms with Gasteiger partial charge in [-0.1, -0.05) is 54.6 Å². The fraction of sp³-hybridized carbons (Fsp3) is 0.182. The smallest absolute Gasteiger partial charge is 0.339 e. The quantitative estimate of drug-likeness (QED) is 0.502. The summed E-state index contributed by atoms with van der Waals surface area (Å²) in [6, 6.07) is 21.0. The zero-order valence-electron chi connectivity index (χ0n) is 15.3. The maximum atomic E-state index is 12.3. The molecule has 0 unspecified atom stereocenters. The maximum absolute atomic E-state index is 12.3. The largest absolute Gasteiger partial charge is 0.452 e. The summed E-state index contributed by atoms with van der Waals surface area (Å²) in [6.07, 6.45) is 1.89. The van der Waals surface area contributed by atoms with E-state index >= 15 is 0 Å². The first-order chi connectivity index (χ1) is 13.1. The van der Waals surface area contributed by atoms with Crippen LogP contribution < -0.4 is 5.32 Å². The molecule has 0 heterocycles. The molecule has 1 atom stereocenters. The van der Waals surface area contributed by atoms with E-state index < -0.39 is 5.97 Å². The van der Waals surface area contributed by atoms with Gasteiger partial charge in [-0.3, -0.25) is 4.79 Å². The second-order valence-corrected chi connectivity index (χ2v) is 6.98. The third kappa shape index (κ3) is 4.49. The van der Waals surface area contributed by atoms with Gasteiger partial charge in [-0.05, 0) is 41.6 Å². The van der Waals surface area contributed by atoms with Crippen molar-refractivity contribution >= 4 is 34.4 Å². The minimum Gasteiger partial charge on any atom is -0.452 e. The molecule has 0 saturated carbocycles. The first-order valence-corrected chi connectivity index (χ1v) is 9.90. The van der Waals surface area contributed by atoms with Gasteiger partial charge in [0.25, 0.3) is 5.91 Å². The Morgan fingerprint density at radius 2 is 1.70 bits per heavy atom. The van der Waals surface area contributed by atoms with Crippen LogP contribution in [0.5, 0.6) is 0 Å². The van der Waals surface area contributed by atoms with Crippen LogP contribution in [0.1, 0.15) is 28.9 Å². The number of ether oxygens (including phenoxy) is 1. The van der Waals surface area contributed by atoms with Gasteiger partial charge < -0.3 is 10.1 Å². The molecule has 1 N–H and O–H groups in total. The fourth-order valence-electron chi connectivity index (χ4n) is 3.01. The highest BCUT2D eigenvalue weighted by Gasteiger charge is 2.16. The van der Waals surface area contributed by atoms with E-state index in [9.17, 15) is 9.59 Å². The molecule has 0 spiro atoms. The number of rotatable bonds is 6. The van der Waals surface area contributed by atoms with E-state index in [2.05, 4.69) is 5.32 Å². The van der Waals surface area contributed by atoms with E-state index in [1.54, 1.807) is 12.1 Å². The first kappa shape index (κ1) is 19.0. The molecule has 4 nitrogen and oxygen atoms in total. The van der Waals surface area contributed by atoms with Crippen molar-refractivity contribution in [1.82, 2.24) is 5.32 Å². The Labute approximate surface area is 162 Å². The second-order valence-electron chi connectivity index (χ2n) is 6.13. The molecule has 5 heteroatoms. The zero-order chi connectivity index (χ0) is 19.2. The van der Waals surface area contributed by atoms with Crippen LogP contribution in [-0.2, 0) is 9.53 Å². The Balaban J connectivity index is 1.63. The molecular formula is C22H21NO3S. The lowest BCUT2D eigenvalue weighted by molar-refractivity contribution is -0.124. The minimum atomic E-state index is -0.493. The van der Waals surface area contributed by atoms with Crippen molar-refractivity contribution < 1.29 is 14.3 Å². The molecule has 0 aromatic heterocycles. The van der Waals surface area contributed by atoms with Gasteiger partial charge in [0.1, 0.15) is 0 Å². The molecule has 3 aromatic carbocycles. The lowest BCUT2D eigenvalue weighted by Gasteiger charge is -2.17. The number of thioether (sulfide) groups is 1. The molecule has 3 rings (SSSR count). The molecule has 0 fully saturated rings. The van der Waals surface area contributed by atoms with E-state index in [0.29, 0.717) is 5.56 Å². The molecule has 0 aliphatic heterocycles. The van der Waals surface area contributed by atoms with Gasteiger partial charge >= 0.3 is 5.97 Å². The van der Waals surface area contributed by atoms with E-state index in [-0.39, 0.29) is 18.6 Å². The average molecular weight is 379 g/mol. The Bertz CT molecular complexity index is 965. The van der Waals surface area contributed by atoms with Gasteiger partial charge in [-0.2, -0.15) is 0 Å². The molecule has 3 aromatic rings. The Morgan fingerprint density at radius 1 is 1.00 bits per heavy atom. The van der Waals surface area contributed by atoms with Crippen LogP contribution in [0.2, 0.25) is 0 Å². The molecule has 0 aliphatic rings. The number of esters is 1. The summed E-state index contributed by atoms with van der Waals surface area (Å²) in [7, 11) is 0. The van der Waals surface area contributed by atoms with Crippen molar-refractivity contribution in [3.8, 4) is 0 Å². The van der Waals surface area contributed by atoms with Crippen LogP contribution in [0.25, 0.3) is 10.8 Å². The number of hydrogen-bond donors (Lipinski definition) is 1. The lowest BCUT2D eigenvalue weighted by atomic mass is 10.00. The fourth-order valence-corrected chi connectivity index (χ4v) is 3.60. The number of nitrogens with one attached hydrogen (secondary N) is 1. The van der Waals surface area contributed by atoms with Crippen molar-refractivity contribution in [2.45, 2.75) is 17.9 Å². The van der Waals surface area contributed by atoms with Crippen molar-refractivity contribution in [1.29, 1.82) is 0 Å².